The molecule has 0 aromatic heterocycles. The van der Waals surface area contributed by atoms with Gasteiger partial charge in [0.05, 0.1) is 0 Å². The molecular weight excluding hydrogens is 178 g/mol. The van der Waals surface area contributed by atoms with Crippen LogP contribution in [-0.4, -0.2) is 17.8 Å². The number of allylic oxidation sites excluding steroid dienone is 1. The molecule has 1 heterocycles. The Morgan fingerprint density at radius 2 is 2.23 bits per heavy atom. The molecule has 1 saturated heterocycles. The molecule has 2 heteroatoms. The van der Waals surface area contributed by atoms with Crippen LogP contribution >= 0.6 is 12.6 Å². The van der Waals surface area contributed by atoms with E-state index in [4.69, 9.17) is 0 Å². The first-order valence-electron chi connectivity index (χ1n) is 5.14. The van der Waals surface area contributed by atoms with Crippen molar-refractivity contribution in [2.75, 3.05) is 6.54 Å². The zero-order chi connectivity index (χ0) is 9.90. The van der Waals surface area contributed by atoms with Gasteiger partial charge in [-0.15, -0.1) is 0 Å². The van der Waals surface area contributed by atoms with Crippen LogP contribution in [0.15, 0.2) is 12.2 Å². The topological polar surface area (TPSA) is 12.0 Å². The number of rotatable bonds is 3. The van der Waals surface area contributed by atoms with Crippen molar-refractivity contribution in [3.8, 4) is 0 Å². The van der Waals surface area contributed by atoms with E-state index in [-0.39, 0.29) is 0 Å². The largest absolute Gasteiger partial charge is 0.309 e. The van der Waals surface area contributed by atoms with Crippen LogP contribution in [0.2, 0.25) is 0 Å². The third-order valence-corrected chi connectivity index (χ3v) is 3.23. The summed E-state index contributed by atoms with van der Waals surface area (Å²) in [4.78, 5) is 0. The van der Waals surface area contributed by atoms with Crippen molar-refractivity contribution >= 4 is 12.6 Å². The van der Waals surface area contributed by atoms with Crippen molar-refractivity contribution in [2.45, 2.75) is 44.9 Å². The average molecular weight is 199 g/mol. The normalized spacial score (nSPS) is 30.2. The van der Waals surface area contributed by atoms with Gasteiger partial charge in [-0.05, 0) is 18.3 Å². The lowest BCUT2D eigenvalue weighted by Gasteiger charge is -2.17. The molecule has 0 aromatic rings. The number of nitrogens with one attached hydrogen (secondary N) is 1. The van der Waals surface area contributed by atoms with Gasteiger partial charge >= 0.3 is 0 Å². The maximum atomic E-state index is 4.44. The van der Waals surface area contributed by atoms with Crippen molar-refractivity contribution in [3.63, 3.8) is 0 Å². The van der Waals surface area contributed by atoms with E-state index in [1.807, 2.05) is 0 Å². The molecule has 1 nitrogen and oxygen atoms in total. The fraction of sp³-hybridized carbons (Fsp3) is 0.818. The zero-order valence-electron chi connectivity index (χ0n) is 8.88. The van der Waals surface area contributed by atoms with Crippen molar-refractivity contribution in [2.24, 2.45) is 5.41 Å². The van der Waals surface area contributed by atoms with Crippen LogP contribution in [0.5, 0.6) is 0 Å². The predicted molar refractivity (Wildman–Crippen MR) is 62.4 cm³/mol. The Morgan fingerprint density at radius 3 is 2.69 bits per heavy atom. The first-order chi connectivity index (χ1) is 6.03. The van der Waals surface area contributed by atoms with Crippen LogP contribution in [0.4, 0.5) is 0 Å². The van der Waals surface area contributed by atoms with E-state index in [0.717, 1.165) is 6.54 Å². The van der Waals surface area contributed by atoms with E-state index in [1.54, 1.807) is 0 Å². The molecule has 0 radical (unpaired) electrons. The number of hydrogen-bond acceptors (Lipinski definition) is 2. The van der Waals surface area contributed by atoms with E-state index in [1.165, 1.54) is 12.8 Å². The summed E-state index contributed by atoms with van der Waals surface area (Å²) < 4.78 is 0. The van der Waals surface area contributed by atoms with Crippen LogP contribution in [0, 0.1) is 5.41 Å². The van der Waals surface area contributed by atoms with Gasteiger partial charge in [-0.2, -0.15) is 12.6 Å². The maximum Gasteiger partial charge on any atom is 0.0261 e. The highest BCUT2D eigenvalue weighted by Gasteiger charge is 2.19. The molecule has 0 aromatic carbocycles. The average Bonchev–Trinajstić information content (AvgIpc) is 2.48. The van der Waals surface area contributed by atoms with Crippen LogP contribution in [-0.2, 0) is 0 Å². The Hall–Kier alpha value is 0.0500. The second kappa shape index (κ2) is 4.52. The van der Waals surface area contributed by atoms with E-state index >= 15 is 0 Å². The van der Waals surface area contributed by atoms with E-state index in [9.17, 15) is 0 Å². The molecule has 2 unspecified atom stereocenters. The summed E-state index contributed by atoms with van der Waals surface area (Å²) in [5, 5.41) is 3.98. The highest BCUT2D eigenvalue weighted by molar-refractivity contribution is 7.81. The zero-order valence-corrected chi connectivity index (χ0v) is 9.77. The van der Waals surface area contributed by atoms with Gasteiger partial charge in [-0.25, -0.2) is 0 Å². The van der Waals surface area contributed by atoms with Gasteiger partial charge in [0.2, 0.25) is 0 Å². The number of hydrogen-bond donors (Lipinski definition) is 2. The molecule has 0 bridgehead atoms. The molecule has 2 atom stereocenters. The van der Waals surface area contributed by atoms with Gasteiger partial charge in [0.15, 0.2) is 0 Å². The predicted octanol–water partition coefficient (Wildman–Crippen LogP) is 2.64. The first-order valence-corrected chi connectivity index (χ1v) is 5.66. The minimum absolute atomic E-state index is 0.344. The molecule has 1 aliphatic heterocycles. The van der Waals surface area contributed by atoms with Gasteiger partial charge in [-0.3, -0.25) is 0 Å². The van der Waals surface area contributed by atoms with Crippen LogP contribution in [0.25, 0.3) is 0 Å². The summed E-state index contributed by atoms with van der Waals surface area (Å²) in [6.45, 7) is 7.83. The maximum absolute atomic E-state index is 4.44. The van der Waals surface area contributed by atoms with Crippen molar-refractivity contribution in [1.29, 1.82) is 0 Å². The Morgan fingerprint density at radius 1 is 1.54 bits per heavy atom. The van der Waals surface area contributed by atoms with E-state index in [0.29, 0.717) is 16.7 Å². The summed E-state index contributed by atoms with van der Waals surface area (Å²) in [7, 11) is 0. The van der Waals surface area contributed by atoms with Gasteiger partial charge in [0.25, 0.3) is 0 Å². The van der Waals surface area contributed by atoms with Gasteiger partial charge in [-0.1, -0.05) is 32.9 Å². The van der Waals surface area contributed by atoms with E-state index < -0.39 is 0 Å². The Kier molecular flexibility index (Phi) is 3.87. The summed E-state index contributed by atoms with van der Waals surface area (Å²) >= 11 is 4.44. The van der Waals surface area contributed by atoms with E-state index in [2.05, 4.69) is 50.9 Å². The summed E-state index contributed by atoms with van der Waals surface area (Å²) in [6.07, 6.45) is 7.00. The second-order valence-electron chi connectivity index (χ2n) is 4.61. The Labute approximate surface area is 87.4 Å². The van der Waals surface area contributed by atoms with Crippen LogP contribution < -0.4 is 5.32 Å². The quantitative estimate of drug-likeness (QED) is 0.526. The highest BCUT2D eigenvalue weighted by Crippen LogP contribution is 2.22. The number of thiol groups is 1. The monoisotopic (exact) mass is 199 g/mol. The molecule has 1 N–H and O–H groups in total. The smallest absolute Gasteiger partial charge is 0.0261 e. The fourth-order valence-electron chi connectivity index (χ4n) is 1.39. The Bertz CT molecular complexity index is 187. The SMILES string of the molecule is CCC(C)(C)/C=C/C1CC(S)CN1. The molecule has 1 aliphatic rings. The van der Waals surface area contributed by atoms with Crippen LogP contribution in [0.3, 0.4) is 0 Å². The minimum atomic E-state index is 0.344. The van der Waals surface area contributed by atoms with Crippen molar-refractivity contribution < 1.29 is 0 Å². The van der Waals surface area contributed by atoms with Gasteiger partial charge < -0.3 is 5.32 Å². The minimum Gasteiger partial charge on any atom is -0.309 e. The first kappa shape index (κ1) is 11.1. The van der Waals surface area contributed by atoms with Crippen molar-refractivity contribution in [3.05, 3.63) is 12.2 Å². The second-order valence-corrected chi connectivity index (χ2v) is 5.34. The van der Waals surface area contributed by atoms with Crippen LogP contribution in [0.1, 0.15) is 33.6 Å². The molecular formula is C11H21NS. The molecule has 0 aliphatic carbocycles. The molecule has 0 spiro atoms. The lowest BCUT2D eigenvalue weighted by molar-refractivity contribution is 0.458. The Balaban J connectivity index is 2.40. The molecule has 1 rings (SSSR count). The summed E-state index contributed by atoms with van der Waals surface area (Å²) in [6, 6.07) is 0.549. The highest BCUT2D eigenvalue weighted by atomic mass is 32.1. The fourth-order valence-corrected chi connectivity index (χ4v) is 1.72. The molecule has 0 amide bonds. The summed E-state index contributed by atoms with van der Waals surface area (Å²) in [5.41, 5.74) is 0.344. The van der Waals surface area contributed by atoms with Gasteiger partial charge in [0, 0.05) is 17.8 Å². The molecule has 0 saturated carbocycles. The lowest BCUT2D eigenvalue weighted by atomic mass is 9.89. The molecule has 1 fully saturated rings. The lowest BCUT2D eigenvalue weighted by Crippen LogP contribution is -2.19. The third-order valence-electron chi connectivity index (χ3n) is 2.83. The standard InChI is InChI=1S/C11H21NS/c1-4-11(2,3)6-5-9-7-10(13)8-12-9/h5-6,9-10,12-13H,4,7-8H2,1-3H3/b6-5+. The van der Waals surface area contributed by atoms with Gasteiger partial charge in [0.1, 0.15) is 0 Å². The molecule has 76 valence electrons. The summed E-state index contributed by atoms with van der Waals surface area (Å²) in [5.74, 6) is 0. The molecule has 13 heavy (non-hydrogen) atoms. The third kappa shape index (κ3) is 3.74. The van der Waals surface area contributed by atoms with Crippen molar-refractivity contribution in [1.82, 2.24) is 5.32 Å².